The molecule has 8 heteroatoms. The van der Waals surface area contributed by atoms with Gasteiger partial charge < -0.3 is 9.64 Å². The van der Waals surface area contributed by atoms with E-state index in [9.17, 15) is 8.78 Å². The number of ether oxygens (including phenoxy) is 1. The van der Waals surface area contributed by atoms with Crippen LogP contribution >= 0.6 is 0 Å². The van der Waals surface area contributed by atoms with Gasteiger partial charge >= 0.3 is 0 Å². The lowest BCUT2D eigenvalue weighted by atomic mass is 10.2. The number of aryl methyl sites for hydroxylation is 1. The topological polar surface area (TPSA) is 66.9 Å². The molecule has 20 heavy (non-hydrogen) atoms. The molecule has 1 N–H and O–H groups in total. The van der Waals surface area contributed by atoms with E-state index in [0.29, 0.717) is 22.7 Å². The third kappa shape index (κ3) is 2.25. The number of nitrogens with one attached hydrogen (secondary N) is 1. The smallest absolute Gasteiger partial charge is 0.261 e. The van der Waals surface area contributed by atoms with Crippen LogP contribution in [0.15, 0.2) is 0 Å². The summed E-state index contributed by atoms with van der Waals surface area (Å²) in [5.74, 6) is 1.19. The Morgan fingerprint density at radius 3 is 2.70 bits per heavy atom. The highest BCUT2D eigenvalue weighted by molar-refractivity contribution is 5.92. The minimum Gasteiger partial charge on any atom is -0.474 e. The fourth-order valence-corrected chi connectivity index (χ4v) is 2.03. The van der Waals surface area contributed by atoms with Gasteiger partial charge in [0.2, 0.25) is 5.88 Å². The minimum atomic E-state index is -2.52. The number of aromatic nitrogens is 4. The summed E-state index contributed by atoms with van der Waals surface area (Å²) in [6, 6.07) is -1.04. The van der Waals surface area contributed by atoms with Gasteiger partial charge in [0.15, 0.2) is 5.65 Å². The minimum absolute atomic E-state index is 0.135. The molecule has 1 aliphatic rings. The van der Waals surface area contributed by atoms with Crippen molar-refractivity contribution in [2.24, 2.45) is 0 Å². The first-order valence-corrected chi connectivity index (χ1v) is 6.44. The fraction of sp³-hybridized carbons (Fsp3) is 0.583. The number of aromatic amines is 1. The number of halogens is 2. The summed E-state index contributed by atoms with van der Waals surface area (Å²) in [4.78, 5) is 9.81. The molecule has 0 saturated carbocycles. The van der Waals surface area contributed by atoms with Gasteiger partial charge in [0.1, 0.15) is 29.7 Å². The Morgan fingerprint density at radius 2 is 2.05 bits per heavy atom. The summed E-state index contributed by atoms with van der Waals surface area (Å²) >= 11 is 0. The molecule has 0 aromatic carbocycles. The molecule has 0 saturated heterocycles. The average molecular weight is 285 g/mol. The van der Waals surface area contributed by atoms with Crippen LogP contribution in [-0.2, 0) is 0 Å². The molecule has 3 rings (SSSR count). The molecule has 1 unspecified atom stereocenters. The summed E-state index contributed by atoms with van der Waals surface area (Å²) in [5, 5.41) is 7.19. The van der Waals surface area contributed by atoms with Crippen molar-refractivity contribution in [1.29, 1.82) is 0 Å². The van der Waals surface area contributed by atoms with E-state index in [0.717, 1.165) is 0 Å². The Bertz CT molecular complexity index is 601. The molecule has 0 spiro atoms. The molecule has 0 bridgehead atoms. The third-order valence-electron chi connectivity index (χ3n) is 2.99. The number of anilines is 1. The fourth-order valence-electron chi connectivity index (χ4n) is 2.03. The van der Waals surface area contributed by atoms with Gasteiger partial charge in [-0.2, -0.15) is 0 Å². The van der Waals surface area contributed by atoms with E-state index in [1.807, 2.05) is 13.8 Å². The molecule has 2 aromatic rings. The first-order chi connectivity index (χ1) is 9.58. The van der Waals surface area contributed by atoms with Gasteiger partial charge in [-0.25, -0.2) is 18.7 Å². The molecule has 0 fully saturated rings. The maximum atomic E-state index is 13.0. The van der Waals surface area contributed by atoms with Gasteiger partial charge in [0.25, 0.3) is 6.43 Å². The zero-order valence-electron chi connectivity index (χ0n) is 11.8. The molecule has 0 aliphatic carbocycles. The Balaban J connectivity index is 0.000000704. The van der Waals surface area contributed by atoms with Crippen molar-refractivity contribution in [3.8, 4) is 5.88 Å². The Kier molecular flexibility index (Phi) is 4.01. The van der Waals surface area contributed by atoms with Crippen molar-refractivity contribution < 1.29 is 13.5 Å². The quantitative estimate of drug-likeness (QED) is 0.869. The number of alkyl halides is 2. The molecule has 0 radical (unpaired) electrons. The van der Waals surface area contributed by atoms with E-state index >= 15 is 0 Å². The van der Waals surface area contributed by atoms with Crippen molar-refractivity contribution in [3.05, 3.63) is 5.82 Å². The van der Waals surface area contributed by atoms with Crippen molar-refractivity contribution in [1.82, 2.24) is 20.2 Å². The van der Waals surface area contributed by atoms with Crippen LogP contribution in [0.3, 0.4) is 0 Å². The van der Waals surface area contributed by atoms with E-state index in [-0.39, 0.29) is 12.5 Å². The molecule has 110 valence electrons. The summed E-state index contributed by atoms with van der Waals surface area (Å²) in [6.45, 7) is 5.57. The normalized spacial score (nSPS) is 17.6. The zero-order chi connectivity index (χ0) is 14.9. The second-order valence-electron chi connectivity index (χ2n) is 4.17. The highest BCUT2D eigenvalue weighted by Crippen LogP contribution is 2.34. The zero-order valence-corrected chi connectivity index (χ0v) is 11.8. The lowest BCUT2D eigenvalue weighted by Gasteiger charge is -2.26. The lowest BCUT2D eigenvalue weighted by Crippen LogP contribution is -2.41. The predicted molar refractivity (Wildman–Crippen MR) is 71.5 cm³/mol. The van der Waals surface area contributed by atoms with Gasteiger partial charge in [-0.15, -0.1) is 5.10 Å². The highest BCUT2D eigenvalue weighted by atomic mass is 19.3. The van der Waals surface area contributed by atoms with Crippen molar-refractivity contribution >= 4 is 16.9 Å². The van der Waals surface area contributed by atoms with Crippen molar-refractivity contribution in [2.75, 3.05) is 18.6 Å². The molecule has 0 amide bonds. The number of likely N-dealkylation sites (N-methyl/N-ethyl adjacent to an activating group) is 1. The Labute approximate surface area is 115 Å². The predicted octanol–water partition coefficient (Wildman–Crippen LogP) is 2.15. The second-order valence-corrected chi connectivity index (χ2v) is 4.17. The van der Waals surface area contributed by atoms with Crippen molar-refractivity contribution in [3.63, 3.8) is 0 Å². The number of H-pyrrole nitrogens is 1. The number of nitrogens with zero attached hydrogens (tertiary/aromatic N) is 4. The SMILES string of the molecule is CC.Cc1nc2c3c(n[nH]c3n1)OCC(C(F)F)N2C. The molecule has 6 nitrogen and oxygen atoms in total. The number of hydrogen-bond acceptors (Lipinski definition) is 5. The van der Waals surface area contributed by atoms with E-state index in [2.05, 4.69) is 20.2 Å². The van der Waals surface area contributed by atoms with Crippen molar-refractivity contribution in [2.45, 2.75) is 33.2 Å². The summed E-state index contributed by atoms with van der Waals surface area (Å²) in [6.07, 6.45) is -2.52. The van der Waals surface area contributed by atoms with Crippen LogP contribution in [0.25, 0.3) is 11.0 Å². The standard InChI is InChI=1S/C10H11F2N5O.C2H6/c1-4-13-8-6-9(14-4)17(2)5(7(11)12)3-18-10(6)16-15-8;1-2/h5,7H,3H2,1-2H3,(H,13,14,15,16);1-2H3. The molecule has 2 aromatic heterocycles. The summed E-state index contributed by atoms with van der Waals surface area (Å²) < 4.78 is 31.2. The third-order valence-corrected chi connectivity index (χ3v) is 2.99. The molecular formula is C12H17F2N5O. The summed E-state index contributed by atoms with van der Waals surface area (Å²) in [5.41, 5.74) is 0.495. The molecule has 1 atom stereocenters. The molecule has 1 aliphatic heterocycles. The average Bonchev–Trinajstić information content (AvgIpc) is 2.76. The van der Waals surface area contributed by atoms with Crippen LogP contribution in [0.5, 0.6) is 5.88 Å². The van der Waals surface area contributed by atoms with Crippen LogP contribution in [0.4, 0.5) is 14.6 Å². The first-order valence-electron chi connectivity index (χ1n) is 6.44. The summed E-state index contributed by atoms with van der Waals surface area (Å²) in [7, 11) is 1.57. The Hall–Kier alpha value is -1.99. The van der Waals surface area contributed by atoms with Crippen LogP contribution in [0.2, 0.25) is 0 Å². The van der Waals surface area contributed by atoms with Gasteiger partial charge in [0.05, 0.1) is 0 Å². The number of hydrogen-bond donors (Lipinski definition) is 1. The van der Waals surface area contributed by atoms with E-state index < -0.39 is 12.5 Å². The first kappa shape index (κ1) is 14.4. The second kappa shape index (κ2) is 5.56. The maximum absolute atomic E-state index is 13.0. The van der Waals surface area contributed by atoms with Crippen LogP contribution in [0, 0.1) is 6.92 Å². The van der Waals surface area contributed by atoms with Gasteiger partial charge in [-0.05, 0) is 6.92 Å². The number of rotatable bonds is 1. The lowest BCUT2D eigenvalue weighted by molar-refractivity contribution is 0.0878. The van der Waals surface area contributed by atoms with Crippen LogP contribution in [0.1, 0.15) is 19.7 Å². The van der Waals surface area contributed by atoms with E-state index in [1.54, 1.807) is 14.0 Å². The monoisotopic (exact) mass is 285 g/mol. The van der Waals surface area contributed by atoms with E-state index in [1.165, 1.54) is 4.90 Å². The van der Waals surface area contributed by atoms with Gasteiger partial charge in [0, 0.05) is 7.05 Å². The molecule has 3 heterocycles. The maximum Gasteiger partial charge on any atom is 0.261 e. The van der Waals surface area contributed by atoms with E-state index in [4.69, 9.17) is 4.74 Å². The van der Waals surface area contributed by atoms with Crippen LogP contribution < -0.4 is 9.64 Å². The molecular weight excluding hydrogens is 268 g/mol. The van der Waals surface area contributed by atoms with Gasteiger partial charge in [-0.1, -0.05) is 13.8 Å². The largest absolute Gasteiger partial charge is 0.474 e. The highest BCUT2D eigenvalue weighted by Gasteiger charge is 2.33. The van der Waals surface area contributed by atoms with Gasteiger partial charge in [-0.3, -0.25) is 5.10 Å². The Morgan fingerprint density at radius 1 is 1.35 bits per heavy atom. The van der Waals surface area contributed by atoms with Crippen LogP contribution in [-0.4, -0.2) is 46.3 Å².